The van der Waals surface area contributed by atoms with E-state index < -0.39 is 28.4 Å². The third-order valence-electron chi connectivity index (χ3n) is 5.28. The number of carbonyl (C=O) groups is 3. The van der Waals surface area contributed by atoms with Crippen LogP contribution in [-0.2, 0) is 14.4 Å². The number of pyridine rings is 1. The molecule has 2 heterocycles. The maximum atomic E-state index is 13.1. The number of nitrogens with one attached hydrogen (secondary N) is 1. The van der Waals surface area contributed by atoms with Crippen LogP contribution in [0.3, 0.4) is 0 Å². The molecule has 2 aromatic carbocycles. The van der Waals surface area contributed by atoms with Crippen molar-refractivity contribution >= 4 is 40.4 Å². The van der Waals surface area contributed by atoms with Gasteiger partial charge in [0.25, 0.3) is 17.4 Å². The van der Waals surface area contributed by atoms with Crippen LogP contribution < -0.4 is 10.2 Å². The highest BCUT2D eigenvalue weighted by molar-refractivity contribution is 6.51. The molecule has 10 heteroatoms. The lowest BCUT2D eigenvalue weighted by atomic mass is 9.95. The zero-order valence-electron chi connectivity index (χ0n) is 17.8. The van der Waals surface area contributed by atoms with Gasteiger partial charge in [-0.25, -0.2) is 0 Å². The Morgan fingerprint density at radius 2 is 1.65 bits per heavy atom. The number of non-ortho nitro benzene ring substituents is 1. The van der Waals surface area contributed by atoms with Gasteiger partial charge in [0.05, 0.1) is 16.5 Å². The van der Waals surface area contributed by atoms with Crippen molar-refractivity contribution in [3.05, 3.63) is 99.9 Å². The first-order valence-electron chi connectivity index (χ1n) is 10.1. The second kappa shape index (κ2) is 8.94. The van der Waals surface area contributed by atoms with Gasteiger partial charge in [0.1, 0.15) is 5.76 Å². The Balaban J connectivity index is 1.84. The van der Waals surface area contributed by atoms with Crippen molar-refractivity contribution in [2.24, 2.45) is 0 Å². The maximum Gasteiger partial charge on any atom is 0.300 e. The third kappa shape index (κ3) is 4.11. The number of anilines is 2. The summed E-state index contributed by atoms with van der Waals surface area (Å²) in [4.78, 5) is 53.1. The molecule has 1 atom stereocenters. The summed E-state index contributed by atoms with van der Waals surface area (Å²) >= 11 is 0. The Bertz CT molecular complexity index is 1320. The largest absolute Gasteiger partial charge is 0.507 e. The summed E-state index contributed by atoms with van der Waals surface area (Å²) in [7, 11) is 0. The third-order valence-corrected chi connectivity index (χ3v) is 5.28. The number of rotatable bonds is 5. The van der Waals surface area contributed by atoms with Crippen LogP contribution in [-0.4, -0.2) is 32.6 Å². The molecule has 10 nitrogen and oxygen atoms in total. The van der Waals surface area contributed by atoms with Gasteiger partial charge in [-0.05, 0) is 54.1 Å². The molecule has 1 aliphatic heterocycles. The quantitative estimate of drug-likeness (QED) is 0.196. The molecule has 4 rings (SSSR count). The number of benzene rings is 2. The number of aliphatic hydroxyl groups excluding tert-OH is 1. The van der Waals surface area contributed by atoms with Crippen molar-refractivity contribution in [1.29, 1.82) is 0 Å². The van der Waals surface area contributed by atoms with Gasteiger partial charge in [0.15, 0.2) is 0 Å². The number of aliphatic hydroxyl groups is 1. The number of nitro groups is 1. The van der Waals surface area contributed by atoms with E-state index >= 15 is 0 Å². The summed E-state index contributed by atoms with van der Waals surface area (Å²) < 4.78 is 0. The second-order valence-electron chi connectivity index (χ2n) is 7.48. The molecule has 34 heavy (non-hydrogen) atoms. The zero-order valence-corrected chi connectivity index (χ0v) is 17.8. The number of nitrogens with zero attached hydrogens (tertiary/aromatic N) is 3. The van der Waals surface area contributed by atoms with E-state index in [9.17, 15) is 29.6 Å². The van der Waals surface area contributed by atoms with E-state index in [1.54, 1.807) is 36.4 Å². The number of ketones is 1. The average molecular weight is 458 g/mol. The molecule has 2 amide bonds. The fraction of sp³-hybridized carbons (Fsp3) is 0.0833. The van der Waals surface area contributed by atoms with Gasteiger partial charge in [0.2, 0.25) is 5.91 Å². The summed E-state index contributed by atoms with van der Waals surface area (Å²) in [6, 6.07) is 13.7. The van der Waals surface area contributed by atoms with E-state index in [4.69, 9.17) is 0 Å². The normalized spacial score (nSPS) is 17.0. The lowest BCUT2D eigenvalue weighted by Gasteiger charge is -2.25. The topological polar surface area (TPSA) is 143 Å². The van der Waals surface area contributed by atoms with Crippen LogP contribution in [0, 0.1) is 10.1 Å². The molecule has 1 aliphatic rings. The van der Waals surface area contributed by atoms with Crippen molar-refractivity contribution in [1.82, 2.24) is 4.98 Å². The Hall–Kier alpha value is -4.86. The Kier molecular flexibility index (Phi) is 5.88. The first-order valence-corrected chi connectivity index (χ1v) is 10.1. The molecule has 0 spiro atoms. The van der Waals surface area contributed by atoms with E-state index in [1.165, 1.54) is 48.5 Å². The van der Waals surface area contributed by atoms with Crippen LogP contribution in [0.25, 0.3) is 5.76 Å². The molecule has 3 aromatic rings. The molecule has 0 bridgehead atoms. The molecular weight excluding hydrogens is 440 g/mol. The summed E-state index contributed by atoms with van der Waals surface area (Å²) in [6.45, 7) is 1.37. The predicted octanol–water partition coefficient (Wildman–Crippen LogP) is 3.57. The van der Waals surface area contributed by atoms with E-state index in [0.29, 0.717) is 16.9 Å². The number of carbonyl (C=O) groups excluding carboxylic acids is 3. The van der Waals surface area contributed by atoms with Crippen LogP contribution in [0.4, 0.5) is 17.1 Å². The molecule has 1 saturated heterocycles. The first kappa shape index (κ1) is 22.3. The SMILES string of the molecule is CC(=O)Nc1ccc(N2C(=O)C(=O)/C(=C(\O)c3ccc([N+](=O)[O-])cc3)C2c2ccncc2)cc1. The molecule has 0 saturated carbocycles. The molecule has 1 fully saturated rings. The monoisotopic (exact) mass is 458 g/mol. The second-order valence-corrected chi connectivity index (χ2v) is 7.48. The minimum absolute atomic E-state index is 0.156. The van der Waals surface area contributed by atoms with Gasteiger partial charge in [-0.3, -0.25) is 34.4 Å². The Morgan fingerprint density at radius 3 is 2.21 bits per heavy atom. The summed E-state index contributed by atoms with van der Waals surface area (Å²) in [5, 5.41) is 24.6. The van der Waals surface area contributed by atoms with E-state index in [-0.39, 0.29) is 22.7 Å². The van der Waals surface area contributed by atoms with Crippen LogP contribution in [0.2, 0.25) is 0 Å². The van der Waals surface area contributed by atoms with E-state index in [0.717, 1.165) is 0 Å². The van der Waals surface area contributed by atoms with Crippen molar-refractivity contribution < 1.29 is 24.4 Å². The van der Waals surface area contributed by atoms with Crippen molar-refractivity contribution in [2.45, 2.75) is 13.0 Å². The molecule has 1 aromatic heterocycles. The van der Waals surface area contributed by atoms with E-state index in [1.807, 2.05) is 0 Å². The van der Waals surface area contributed by atoms with Crippen molar-refractivity contribution in [3.8, 4) is 0 Å². The Labute approximate surface area is 193 Å². The van der Waals surface area contributed by atoms with Gasteiger partial charge in [0, 0.05) is 48.4 Å². The molecule has 0 radical (unpaired) electrons. The highest BCUT2D eigenvalue weighted by Crippen LogP contribution is 2.42. The molecule has 2 N–H and O–H groups in total. The Morgan fingerprint density at radius 1 is 1.03 bits per heavy atom. The maximum absolute atomic E-state index is 13.1. The number of hydrogen-bond donors (Lipinski definition) is 2. The van der Waals surface area contributed by atoms with Crippen LogP contribution in [0.5, 0.6) is 0 Å². The first-order chi connectivity index (χ1) is 16.3. The lowest BCUT2D eigenvalue weighted by Crippen LogP contribution is -2.29. The molecule has 0 aliphatic carbocycles. The lowest BCUT2D eigenvalue weighted by molar-refractivity contribution is -0.384. The van der Waals surface area contributed by atoms with Gasteiger partial charge >= 0.3 is 0 Å². The number of aromatic nitrogens is 1. The van der Waals surface area contributed by atoms with Gasteiger partial charge < -0.3 is 10.4 Å². The smallest absolute Gasteiger partial charge is 0.300 e. The minimum atomic E-state index is -0.968. The van der Waals surface area contributed by atoms with Crippen molar-refractivity contribution in [3.63, 3.8) is 0 Å². The fourth-order valence-corrected chi connectivity index (χ4v) is 3.77. The summed E-state index contributed by atoms with van der Waals surface area (Å²) in [5.74, 6) is -2.46. The van der Waals surface area contributed by atoms with Crippen molar-refractivity contribution in [2.75, 3.05) is 10.2 Å². The fourth-order valence-electron chi connectivity index (χ4n) is 3.77. The number of hydrogen-bond acceptors (Lipinski definition) is 7. The van der Waals surface area contributed by atoms with Crippen LogP contribution in [0.15, 0.2) is 78.6 Å². The predicted molar refractivity (Wildman–Crippen MR) is 123 cm³/mol. The van der Waals surface area contributed by atoms with Gasteiger partial charge in [-0.2, -0.15) is 0 Å². The number of amides is 2. The minimum Gasteiger partial charge on any atom is -0.507 e. The van der Waals surface area contributed by atoms with E-state index in [2.05, 4.69) is 10.3 Å². The standard InChI is InChI=1S/C24H18N4O6/c1-14(29)26-17-4-8-18(9-5-17)27-21(15-10-12-25-13-11-15)20(23(31)24(27)32)22(30)16-2-6-19(7-3-16)28(33)34/h2-13,21,30H,1H3,(H,26,29)/b22-20-. The zero-order chi connectivity index (χ0) is 24.4. The average Bonchev–Trinajstić information content (AvgIpc) is 3.10. The number of Topliss-reactive ketones (excluding diaryl/α,β-unsaturated/α-hetero) is 1. The molecule has 170 valence electrons. The summed E-state index contributed by atoms with van der Waals surface area (Å²) in [5.41, 5.74) is 1.24. The van der Waals surface area contributed by atoms with Gasteiger partial charge in [-0.1, -0.05) is 0 Å². The molecule has 1 unspecified atom stereocenters. The van der Waals surface area contributed by atoms with Gasteiger partial charge in [-0.15, -0.1) is 0 Å². The highest BCUT2D eigenvalue weighted by atomic mass is 16.6. The molecular formula is C24H18N4O6. The van der Waals surface area contributed by atoms with Crippen LogP contribution >= 0.6 is 0 Å². The summed E-state index contributed by atoms with van der Waals surface area (Å²) in [6.07, 6.45) is 3.00. The van der Waals surface area contributed by atoms with Crippen LogP contribution in [0.1, 0.15) is 24.1 Å². The highest BCUT2D eigenvalue weighted by Gasteiger charge is 2.47. The number of nitro benzene ring substituents is 1.